The van der Waals surface area contributed by atoms with E-state index in [1.165, 1.54) is 12.8 Å². The third-order valence-corrected chi connectivity index (χ3v) is 5.79. The highest BCUT2D eigenvalue weighted by atomic mass is 16.5. The van der Waals surface area contributed by atoms with Gasteiger partial charge in [-0.25, -0.2) is 0 Å². The summed E-state index contributed by atoms with van der Waals surface area (Å²) in [6.07, 6.45) is 8.71. The number of aryl methyl sites for hydroxylation is 1. The smallest absolute Gasteiger partial charge is 0.289 e. The molecule has 0 N–H and O–H groups in total. The molecule has 0 spiro atoms. The monoisotopic (exact) mass is 340 g/mol. The number of hydrogen-bond donors (Lipinski definition) is 0. The number of aromatic nitrogens is 1. The van der Waals surface area contributed by atoms with Crippen molar-refractivity contribution in [2.75, 3.05) is 19.7 Å². The molecule has 2 aliphatic rings. The maximum Gasteiger partial charge on any atom is 0.289 e. The Labute approximate surface area is 148 Å². The number of carbonyl (C=O) groups excluding carboxylic acids is 1. The van der Waals surface area contributed by atoms with E-state index in [1.807, 2.05) is 30.0 Å². The van der Waals surface area contributed by atoms with Crippen LogP contribution in [0.5, 0.6) is 0 Å². The van der Waals surface area contributed by atoms with Crippen LogP contribution in [0.25, 0.3) is 0 Å². The fourth-order valence-corrected chi connectivity index (χ4v) is 4.39. The highest BCUT2D eigenvalue weighted by Crippen LogP contribution is 2.49. The molecule has 1 saturated heterocycles. The van der Waals surface area contributed by atoms with Gasteiger partial charge in [0, 0.05) is 36.5 Å². The molecule has 0 radical (unpaired) electrons. The van der Waals surface area contributed by atoms with E-state index >= 15 is 0 Å². The Morgan fingerprint density at radius 1 is 1.40 bits per heavy atom. The summed E-state index contributed by atoms with van der Waals surface area (Å²) in [5.74, 6) is 1.03. The molecule has 3 heterocycles. The van der Waals surface area contributed by atoms with Crippen LogP contribution in [0.3, 0.4) is 0 Å². The van der Waals surface area contributed by atoms with E-state index in [0.29, 0.717) is 24.9 Å². The molecule has 0 bridgehead atoms. The molecule has 2 aromatic rings. The van der Waals surface area contributed by atoms with Gasteiger partial charge in [-0.2, -0.15) is 0 Å². The Morgan fingerprint density at radius 2 is 2.24 bits per heavy atom. The predicted octanol–water partition coefficient (Wildman–Crippen LogP) is 3.44. The lowest BCUT2D eigenvalue weighted by Crippen LogP contribution is -2.34. The second-order valence-corrected chi connectivity index (χ2v) is 7.42. The standard InChI is InChI=1S/C20H24N2O3/c1-15-6-10-25-18(15)19(23)22-11-17-3-2-7-20(17,13-22)14-24-12-16-4-8-21-9-5-16/h4-6,8-10,17H,2-3,7,11-14H2,1H3/t17-,20+/m1/s1. The summed E-state index contributed by atoms with van der Waals surface area (Å²) >= 11 is 0. The topological polar surface area (TPSA) is 55.6 Å². The average Bonchev–Trinajstić information content (AvgIpc) is 3.29. The van der Waals surface area contributed by atoms with Crippen molar-refractivity contribution in [2.24, 2.45) is 11.3 Å². The van der Waals surface area contributed by atoms with E-state index in [4.69, 9.17) is 9.15 Å². The zero-order chi connectivity index (χ0) is 17.3. The summed E-state index contributed by atoms with van der Waals surface area (Å²) in [7, 11) is 0. The van der Waals surface area contributed by atoms with Crippen LogP contribution in [0.4, 0.5) is 0 Å². The molecule has 2 aromatic heterocycles. The van der Waals surface area contributed by atoms with Gasteiger partial charge in [-0.1, -0.05) is 6.42 Å². The highest BCUT2D eigenvalue weighted by molar-refractivity contribution is 5.93. The first-order chi connectivity index (χ1) is 12.2. The maximum absolute atomic E-state index is 12.8. The molecular formula is C20H24N2O3. The van der Waals surface area contributed by atoms with Gasteiger partial charge >= 0.3 is 0 Å². The molecule has 1 saturated carbocycles. The number of hydrogen-bond acceptors (Lipinski definition) is 4. The predicted molar refractivity (Wildman–Crippen MR) is 93.0 cm³/mol. The zero-order valence-corrected chi connectivity index (χ0v) is 14.6. The minimum Gasteiger partial charge on any atom is -0.459 e. The number of rotatable bonds is 5. The molecule has 2 atom stereocenters. The molecule has 1 aliphatic heterocycles. The summed E-state index contributed by atoms with van der Waals surface area (Å²) in [6, 6.07) is 5.81. The fourth-order valence-electron chi connectivity index (χ4n) is 4.39. The number of amides is 1. The molecule has 5 heteroatoms. The van der Waals surface area contributed by atoms with Crippen LogP contribution in [0.1, 0.15) is 40.9 Å². The van der Waals surface area contributed by atoms with Crippen molar-refractivity contribution in [3.8, 4) is 0 Å². The van der Waals surface area contributed by atoms with E-state index in [9.17, 15) is 4.79 Å². The fraction of sp³-hybridized carbons (Fsp3) is 0.500. The van der Waals surface area contributed by atoms with Crippen molar-refractivity contribution < 1.29 is 13.9 Å². The van der Waals surface area contributed by atoms with Crippen LogP contribution in [-0.4, -0.2) is 35.5 Å². The van der Waals surface area contributed by atoms with Crippen molar-refractivity contribution in [3.63, 3.8) is 0 Å². The first kappa shape index (κ1) is 16.3. The van der Waals surface area contributed by atoms with Crippen molar-refractivity contribution in [1.82, 2.24) is 9.88 Å². The number of likely N-dealkylation sites (tertiary alicyclic amines) is 1. The van der Waals surface area contributed by atoms with Crippen molar-refractivity contribution >= 4 is 5.91 Å². The van der Waals surface area contributed by atoms with Crippen LogP contribution < -0.4 is 0 Å². The van der Waals surface area contributed by atoms with Crippen molar-refractivity contribution in [1.29, 1.82) is 0 Å². The summed E-state index contributed by atoms with van der Waals surface area (Å²) in [6.45, 7) is 4.81. The number of pyridine rings is 1. The van der Waals surface area contributed by atoms with Crippen molar-refractivity contribution in [2.45, 2.75) is 32.8 Å². The van der Waals surface area contributed by atoms with Crippen LogP contribution in [-0.2, 0) is 11.3 Å². The Balaban J connectivity index is 1.42. The normalized spacial score (nSPS) is 25.3. The van der Waals surface area contributed by atoms with Gasteiger partial charge in [0.25, 0.3) is 5.91 Å². The number of furan rings is 1. The summed E-state index contributed by atoms with van der Waals surface area (Å²) < 4.78 is 11.5. The van der Waals surface area contributed by atoms with Gasteiger partial charge in [0.1, 0.15) is 0 Å². The molecule has 1 aliphatic carbocycles. The number of nitrogens with zero attached hydrogens (tertiary/aromatic N) is 2. The molecule has 132 valence electrons. The quantitative estimate of drug-likeness (QED) is 0.837. The molecule has 5 nitrogen and oxygen atoms in total. The van der Waals surface area contributed by atoms with Gasteiger partial charge in [0.15, 0.2) is 5.76 Å². The summed E-state index contributed by atoms with van der Waals surface area (Å²) in [5, 5.41) is 0. The lowest BCUT2D eigenvalue weighted by atomic mass is 9.81. The molecule has 4 rings (SSSR count). The third-order valence-electron chi connectivity index (χ3n) is 5.79. The first-order valence-corrected chi connectivity index (χ1v) is 8.98. The lowest BCUT2D eigenvalue weighted by Gasteiger charge is -2.28. The van der Waals surface area contributed by atoms with Crippen LogP contribution in [0.15, 0.2) is 41.3 Å². The first-order valence-electron chi connectivity index (χ1n) is 8.98. The number of fused-ring (bicyclic) bond motifs is 1. The van der Waals surface area contributed by atoms with Gasteiger partial charge in [-0.05, 0) is 49.4 Å². The second kappa shape index (κ2) is 6.64. The van der Waals surface area contributed by atoms with Gasteiger partial charge < -0.3 is 14.1 Å². The second-order valence-electron chi connectivity index (χ2n) is 7.42. The third kappa shape index (κ3) is 3.09. The van der Waals surface area contributed by atoms with E-state index < -0.39 is 0 Å². The van der Waals surface area contributed by atoms with E-state index in [2.05, 4.69) is 4.98 Å². The van der Waals surface area contributed by atoms with Crippen molar-refractivity contribution in [3.05, 3.63) is 53.7 Å². The molecule has 25 heavy (non-hydrogen) atoms. The van der Waals surface area contributed by atoms with Gasteiger partial charge in [0.05, 0.1) is 19.5 Å². The Hall–Kier alpha value is -2.14. The minimum atomic E-state index is 0.0189. The largest absolute Gasteiger partial charge is 0.459 e. The molecular weight excluding hydrogens is 316 g/mol. The Kier molecular flexibility index (Phi) is 4.34. The molecule has 2 fully saturated rings. The molecule has 0 aromatic carbocycles. The van der Waals surface area contributed by atoms with Crippen LogP contribution in [0.2, 0.25) is 0 Å². The molecule has 0 unspecified atom stereocenters. The lowest BCUT2D eigenvalue weighted by molar-refractivity contribution is 0.0262. The van der Waals surface area contributed by atoms with Crippen LogP contribution in [0, 0.1) is 18.3 Å². The van der Waals surface area contributed by atoms with E-state index in [-0.39, 0.29) is 11.3 Å². The van der Waals surface area contributed by atoms with Gasteiger partial charge in [-0.3, -0.25) is 9.78 Å². The van der Waals surface area contributed by atoms with Crippen LogP contribution >= 0.6 is 0 Å². The van der Waals surface area contributed by atoms with Gasteiger partial charge in [0.2, 0.25) is 0 Å². The number of ether oxygens (including phenoxy) is 1. The van der Waals surface area contributed by atoms with E-state index in [0.717, 1.165) is 30.6 Å². The highest BCUT2D eigenvalue weighted by Gasteiger charge is 2.51. The summed E-state index contributed by atoms with van der Waals surface area (Å²) in [5.41, 5.74) is 2.14. The Morgan fingerprint density at radius 3 is 3.00 bits per heavy atom. The summed E-state index contributed by atoms with van der Waals surface area (Å²) in [4.78, 5) is 18.8. The molecule has 1 amide bonds. The zero-order valence-electron chi connectivity index (χ0n) is 14.6. The van der Waals surface area contributed by atoms with Gasteiger partial charge in [-0.15, -0.1) is 0 Å². The Bertz CT molecular complexity index is 742. The maximum atomic E-state index is 12.8. The average molecular weight is 340 g/mol. The minimum absolute atomic E-state index is 0.0189. The SMILES string of the molecule is Cc1ccoc1C(=O)N1C[C@H]2CCC[C@@]2(COCc2ccncc2)C1. The van der Waals surface area contributed by atoms with E-state index in [1.54, 1.807) is 18.7 Å². The number of carbonyl (C=O) groups is 1.